The van der Waals surface area contributed by atoms with Crippen LogP contribution in [-0.4, -0.2) is 20.5 Å². The number of ketones is 1. The van der Waals surface area contributed by atoms with E-state index in [9.17, 15) is 9.18 Å². The molecule has 2 heterocycles. The second-order valence-electron chi connectivity index (χ2n) is 7.05. The molecular formula is C25H34FN3O. The molecule has 4 nitrogen and oxygen atoms in total. The van der Waals surface area contributed by atoms with Crippen LogP contribution >= 0.6 is 0 Å². The van der Waals surface area contributed by atoms with Gasteiger partial charge in [-0.05, 0) is 62.5 Å². The third-order valence-electron chi connectivity index (χ3n) is 4.66. The molecule has 2 aromatic rings. The fraction of sp³-hybridized carbons (Fsp3) is 0.400. The Hall–Kier alpha value is -2.82. The van der Waals surface area contributed by atoms with Crippen LogP contribution in [0.5, 0.6) is 0 Å². The molecule has 1 unspecified atom stereocenters. The first kappa shape index (κ1) is 25.2. The molecule has 2 rings (SSSR count). The average molecular weight is 412 g/mol. The number of carbonyl (C=O) groups excluding carboxylic acids is 1. The summed E-state index contributed by atoms with van der Waals surface area (Å²) in [5.41, 5.74) is 3.25. The second-order valence-corrected chi connectivity index (χ2v) is 7.05. The zero-order valence-corrected chi connectivity index (χ0v) is 18.8. The lowest BCUT2D eigenvalue weighted by Gasteiger charge is -2.16. The van der Waals surface area contributed by atoms with Crippen LogP contribution in [0.4, 0.5) is 4.39 Å². The maximum atomic E-state index is 13.1. The number of halogens is 1. The highest BCUT2D eigenvalue weighted by Gasteiger charge is 2.14. The summed E-state index contributed by atoms with van der Waals surface area (Å²) in [7, 11) is 0. The van der Waals surface area contributed by atoms with Crippen LogP contribution in [0.2, 0.25) is 0 Å². The molecule has 0 N–H and O–H groups in total. The molecular weight excluding hydrogens is 377 g/mol. The number of hydrogen-bond acceptors (Lipinski definition) is 3. The zero-order valence-electron chi connectivity index (χ0n) is 18.8. The molecule has 0 bridgehead atoms. The van der Waals surface area contributed by atoms with Crippen LogP contribution < -0.4 is 0 Å². The van der Waals surface area contributed by atoms with Gasteiger partial charge in [-0.3, -0.25) is 9.78 Å². The normalized spacial score (nSPS) is 13.1. The first-order chi connectivity index (χ1) is 14.4. The standard InChI is InChI=1S/C16H25FO.C9H9N3/c1-5-9-14(12-16(18)8-4)13(6-2)10-11-15(17)7-3;1-8-6-11-12(7-8)9-2-4-10-5-3-9/h6-7,10-11,14H,5,8-9,12H2,1-4H3;2-7H,1H3/b11-10-,13-6+,15-7+;. The minimum atomic E-state index is -0.244. The van der Waals surface area contributed by atoms with E-state index in [0.717, 1.165) is 29.7 Å². The largest absolute Gasteiger partial charge is 0.300 e. The number of aromatic nitrogens is 3. The maximum absolute atomic E-state index is 13.1. The number of hydrogen-bond donors (Lipinski definition) is 0. The molecule has 0 amide bonds. The van der Waals surface area contributed by atoms with Crippen molar-refractivity contribution >= 4 is 5.78 Å². The molecule has 162 valence electrons. The van der Waals surface area contributed by atoms with Crippen molar-refractivity contribution in [3.05, 3.63) is 78.2 Å². The fourth-order valence-corrected chi connectivity index (χ4v) is 2.95. The molecule has 0 saturated carbocycles. The lowest BCUT2D eigenvalue weighted by atomic mass is 9.88. The van der Waals surface area contributed by atoms with Crippen LogP contribution in [0, 0.1) is 12.8 Å². The van der Waals surface area contributed by atoms with E-state index in [1.54, 1.807) is 25.4 Å². The van der Waals surface area contributed by atoms with Crippen molar-refractivity contribution in [2.75, 3.05) is 0 Å². The molecule has 30 heavy (non-hydrogen) atoms. The maximum Gasteiger partial charge on any atom is 0.133 e. The Labute approximate surface area is 180 Å². The highest BCUT2D eigenvalue weighted by atomic mass is 19.1. The van der Waals surface area contributed by atoms with Gasteiger partial charge in [0.25, 0.3) is 0 Å². The third kappa shape index (κ3) is 9.12. The molecule has 0 aromatic carbocycles. The SMILES string of the molecule is C\C=C(/C=C\C(F)=C/C)C(CCC)CC(=O)CC.Cc1cnn(-c2ccncc2)c1. The van der Waals surface area contributed by atoms with Gasteiger partial charge in [-0.15, -0.1) is 0 Å². The van der Waals surface area contributed by atoms with Gasteiger partial charge < -0.3 is 0 Å². The van der Waals surface area contributed by atoms with Gasteiger partial charge in [0.1, 0.15) is 11.6 Å². The number of nitrogens with zero attached hydrogens (tertiary/aromatic N) is 3. The van der Waals surface area contributed by atoms with Gasteiger partial charge in [0.15, 0.2) is 0 Å². The van der Waals surface area contributed by atoms with Gasteiger partial charge in [-0.25, -0.2) is 9.07 Å². The quantitative estimate of drug-likeness (QED) is 0.430. The van der Waals surface area contributed by atoms with Gasteiger partial charge in [-0.1, -0.05) is 38.5 Å². The van der Waals surface area contributed by atoms with Gasteiger partial charge in [0.2, 0.25) is 0 Å². The highest BCUT2D eigenvalue weighted by Crippen LogP contribution is 2.24. The number of Topliss-reactive ketones (excluding diaryl/α,β-unsaturated/α-hetero) is 1. The first-order valence-corrected chi connectivity index (χ1v) is 10.5. The van der Waals surface area contributed by atoms with E-state index in [2.05, 4.69) is 17.0 Å². The van der Waals surface area contributed by atoms with Crippen LogP contribution in [0.25, 0.3) is 5.69 Å². The van der Waals surface area contributed by atoms with E-state index >= 15 is 0 Å². The summed E-state index contributed by atoms with van der Waals surface area (Å²) in [5, 5.41) is 4.17. The predicted molar refractivity (Wildman–Crippen MR) is 122 cm³/mol. The summed E-state index contributed by atoms with van der Waals surface area (Å²) in [5.74, 6) is 0.243. The zero-order chi connectivity index (χ0) is 22.4. The number of aryl methyl sites for hydroxylation is 1. The van der Waals surface area contributed by atoms with Crippen LogP contribution in [0.15, 0.2) is 72.6 Å². The van der Waals surface area contributed by atoms with E-state index in [-0.39, 0.29) is 17.5 Å². The Kier molecular flexibility index (Phi) is 11.9. The van der Waals surface area contributed by atoms with E-state index < -0.39 is 0 Å². The number of allylic oxidation sites excluding steroid dienone is 6. The molecule has 0 aliphatic carbocycles. The molecule has 0 spiro atoms. The van der Waals surface area contributed by atoms with Crippen molar-refractivity contribution in [2.24, 2.45) is 5.92 Å². The monoisotopic (exact) mass is 411 g/mol. The molecule has 0 aliphatic rings. The number of pyridine rings is 1. The van der Waals surface area contributed by atoms with Gasteiger partial charge in [-0.2, -0.15) is 5.10 Å². The van der Waals surface area contributed by atoms with Gasteiger partial charge in [0, 0.05) is 31.4 Å². The fourth-order valence-electron chi connectivity index (χ4n) is 2.95. The van der Waals surface area contributed by atoms with Gasteiger partial charge >= 0.3 is 0 Å². The molecule has 0 fully saturated rings. The Morgan fingerprint density at radius 2 is 1.87 bits per heavy atom. The smallest absolute Gasteiger partial charge is 0.133 e. The molecule has 0 radical (unpaired) electrons. The topological polar surface area (TPSA) is 47.8 Å². The van der Waals surface area contributed by atoms with Crippen molar-refractivity contribution in [2.45, 2.75) is 60.3 Å². The summed E-state index contributed by atoms with van der Waals surface area (Å²) in [6, 6.07) is 3.85. The van der Waals surface area contributed by atoms with E-state index in [1.165, 1.54) is 12.2 Å². The summed E-state index contributed by atoms with van der Waals surface area (Å²) in [6.07, 6.45) is 17.1. The van der Waals surface area contributed by atoms with Crippen LogP contribution in [-0.2, 0) is 4.79 Å². The van der Waals surface area contributed by atoms with Crippen molar-refractivity contribution in [1.29, 1.82) is 0 Å². The van der Waals surface area contributed by atoms with Crippen molar-refractivity contribution in [3.63, 3.8) is 0 Å². The molecule has 2 aromatic heterocycles. The average Bonchev–Trinajstić information content (AvgIpc) is 3.21. The van der Waals surface area contributed by atoms with Gasteiger partial charge in [0.05, 0.1) is 11.9 Å². The van der Waals surface area contributed by atoms with Crippen LogP contribution in [0.3, 0.4) is 0 Å². The lowest BCUT2D eigenvalue weighted by molar-refractivity contribution is -0.119. The van der Waals surface area contributed by atoms with E-state index in [1.807, 2.05) is 56.1 Å². The number of rotatable bonds is 9. The molecule has 0 aliphatic heterocycles. The lowest BCUT2D eigenvalue weighted by Crippen LogP contribution is -2.09. The molecule has 5 heteroatoms. The summed E-state index contributed by atoms with van der Waals surface area (Å²) in [4.78, 5) is 15.5. The summed E-state index contributed by atoms with van der Waals surface area (Å²) >= 11 is 0. The Morgan fingerprint density at radius 3 is 2.37 bits per heavy atom. The Balaban J connectivity index is 0.000000321. The highest BCUT2D eigenvalue weighted by molar-refractivity contribution is 5.78. The second kappa shape index (κ2) is 14.2. The Bertz CT molecular complexity index is 850. The van der Waals surface area contributed by atoms with E-state index in [4.69, 9.17) is 0 Å². The van der Waals surface area contributed by atoms with Crippen molar-refractivity contribution in [3.8, 4) is 5.69 Å². The van der Waals surface area contributed by atoms with Crippen molar-refractivity contribution < 1.29 is 9.18 Å². The number of carbonyl (C=O) groups is 1. The third-order valence-corrected chi connectivity index (χ3v) is 4.66. The predicted octanol–water partition coefficient (Wildman–Crippen LogP) is 6.72. The minimum Gasteiger partial charge on any atom is -0.300 e. The van der Waals surface area contributed by atoms with Crippen LogP contribution in [0.1, 0.15) is 58.9 Å². The first-order valence-electron chi connectivity index (χ1n) is 10.5. The summed E-state index contributed by atoms with van der Waals surface area (Å²) < 4.78 is 14.9. The minimum absolute atomic E-state index is 0.216. The van der Waals surface area contributed by atoms with E-state index in [0.29, 0.717) is 12.8 Å². The van der Waals surface area contributed by atoms with Crippen molar-refractivity contribution in [1.82, 2.24) is 14.8 Å². The molecule has 0 saturated heterocycles. The summed E-state index contributed by atoms with van der Waals surface area (Å²) in [6.45, 7) is 9.61. The molecule has 1 atom stereocenters. The Morgan fingerprint density at radius 1 is 1.17 bits per heavy atom.